The summed E-state index contributed by atoms with van der Waals surface area (Å²) >= 11 is 0. The van der Waals surface area contributed by atoms with Crippen molar-refractivity contribution >= 4 is 17.7 Å². The van der Waals surface area contributed by atoms with E-state index in [0.717, 1.165) is 0 Å². The van der Waals surface area contributed by atoms with Crippen molar-refractivity contribution in [2.75, 3.05) is 13.7 Å². The van der Waals surface area contributed by atoms with Crippen LogP contribution >= 0.6 is 0 Å². The lowest BCUT2D eigenvalue weighted by atomic mass is 9.71. The molecular weight excluding hydrogens is 350 g/mol. The van der Waals surface area contributed by atoms with Gasteiger partial charge in [0.1, 0.15) is 0 Å². The van der Waals surface area contributed by atoms with E-state index < -0.39 is 41.0 Å². The van der Waals surface area contributed by atoms with E-state index in [1.54, 1.807) is 50.3 Å². The zero-order valence-electron chi connectivity index (χ0n) is 15.6. The number of hydrogen-bond donors (Lipinski definition) is 1. The molecule has 27 heavy (non-hydrogen) atoms. The van der Waals surface area contributed by atoms with Crippen molar-refractivity contribution in [1.82, 2.24) is 5.32 Å². The molecule has 0 radical (unpaired) electrons. The Kier molecular flexibility index (Phi) is 5.17. The molecule has 0 bridgehead atoms. The van der Waals surface area contributed by atoms with Gasteiger partial charge in [-0.15, -0.1) is 0 Å². The van der Waals surface area contributed by atoms with Gasteiger partial charge in [-0.2, -0.15) is 0 Å². The number of benzene rings is 1. The quantitative estimate of drug-likeness (QED) is 0.637. The number of allylic oxidation sites excluding steroid dienone is 1. The number of rotatable bonds is 4. The fourth-order valence-electron chi connectivity index (χ4n) is 3.62. The molecule has 0 spiro atoms. The molecule has 7 nitrogen and oxygen atoms in total. The number of nitrogens with one attached hydrogen (secondary N) is 1. The fraction of sp³-hybridized carbons (Fsp3) is 0.450. The molecular formula is C20H23NO6. The highest BCUT2D eigenvalue weighted by atomic mass is 16.7. The lowest BCUT2D eigenvalue weighted by molar-refractivity contribution is -0.166. The maximum Gasteiger partial charge on any atom is 0.340 e. The Hall–Kier alpha value is -2.51. The molecule has 0 aromatic heterocycles. The van der Waals surface area contributed by atoms with E-state index >= 15 is 0 Å². The maximum absolute atomic E-state index is 12.9. The molecule has 1 N–H and O–H groups in total. The predicted octanol–water partition coefficient (Wildman–Crippen LogP) is 1.62. The van der Waals surface area contributed by atoms with Gasteiger partial charge >= 0.3 is 5.97 Å². The van der Waals surface area contributed by atoms with Gasteiger partial charge in [0.25, 0.3) is 5.91 Å². The Labute approximate surface area is 157 Å². The average molecular weight is 373 g/mol. The molecule has 7 heteroatoms. The van der Waals surface area contributed by atoms with Crippen molar-refractivity contribution in [3.8, 4) is 0 Å². The highest BCUT2D eigenvalue weighted by Crippen LogP contribution is 2.38. The van der Waals surface area contributed by atoms with E-state index in [0.29, 0.717) is 12.0 Å². The third kappa shape index (κ3) is 3.52. The maximum atomic E-state index is 12.9. The van der Waals surface area contributed by atoms with Gasteiger partial charge in [-0.1, -0.05) is 24.3 Å². The van der Waals surface area contributed by atoms with Gasteiger partial charge in [0.2, 0.25) is 5.54 Å². The van der Waals surface area contributed by atoms with Crippen molar-refractivity contribution in [3.05, 3.63) is 48.0 Å². The fourth-order valence-corrected chi connectivity index (χ4v) is 3.62. The Bertz CT molecular complexity index is 772. The molecule has 1 fully saturated rings. The summed E-state index contributed by atoms with van der Waals surface area (Å²) in [6, 6.07) is 8.40. The number of carbonyl (C=O) groups excluding carboxylic acids is 3. The molecule has 3 rings (SSSR count). The molecule has 0 saturated carbocycles. The lowest BCUT2D eigenvalue weighted by Crippen LogP contribution is -2.68. The van der Waals surface area contributed by atoms with Crippen LogP contribution < -0.4 is 5.32 Å². The first-order chi connectivity index (χ1) is 12.8. The lowest BCUT2D eigenvalue weighted by Gasteiger charge is -2.40. The van der Waals surface area contributed by atoms with Crippen molar-refractivity contribution in [2.24, 2.45) is 5.92 Å². The van der Waals surface area contributed by atoms with Crippen molar-refractivity contribution < 1.29 is 28.6 Å². The second kappa shape index (κ2) is 7.25. The van der Waals surface area contributed by atoms with Gasteiger partial charge in [-0.3, -0.25) is 9.59 Å². The van der Waals surface area contributed by atoms with Crippen LogP contribution in [0.3, 0.4) is 0 Å². The second-order valence-corrected chi connectivity index (χ2v) is 7.10. The first kappa shape index (κ1) is 19.3. The van der Waals surface area contributed by atoms with E-state index in [2.05, 4.69) is 5.32 Å². The van der Waals surface area contributed by atoms with Gasteiger partial charge in [0.15, 0.2) is 11.6 Å². The number of ether oxygens (including phenoxy) is 3. The smallest absolute Gasteiger partial charge is 0.340 e. The molecule has 1 aromatic rings. The van der Waals surface area contributed by atoms with Crippen LogP contribution in [-0.4, -0.2) is 48.8 Å². The highest BCUT2D eigenvalue weighted by molar-refractivity contribution is 6.17. The first-order valence-electron chi connectivity index (χ1n) is 8.79. The van der Waals surface area contributed by atoms with Crippen molar-refractivity contribution in [3.63, 3.8) is 0 Å². The summed E-state index contributed by atoms with van der Waals surface area (Å²) in [5.74, 6) is -3.38. The third-order valence-corrected chi connectivity index (χ3v) is 4.94. The van der Waals surface area contributed by atoms with Gasteiger partial charge < -0.3 is 19.5 Å². The minimum atomic E-state index is -1.87. The predicted molar refractivity (Wildman–Crippen MR) is 95.8 cm³/mol. The van der Waals surface area contributed by atoms with Crippen LogP contribution in [0.2, 0.25) is 0 Å². The monoisotopic (exact) mass is 373 g/mol. The molecule has 0 unspecified atom stereocenters. The third-order valence-electron chi connectivity index (χ3n) is 4.94. The molecule has 3 atom stereocenters. The number of methoxy groups -OCH3 is 1. The molecule has 1 heterocycles. The van der Waals surface area contributed by atoms with Gasteiger partial charge in [0.05, 0.1) is 19.8 Å². The second-order valence-electron chi connectivity index (χ2n) is 7.10. The normalized spacial score (nSPS) is 29.4. The van der Waals surface area contributed by atoms with Crippen LogP contribution in [0.25, 0.3) is 0 Å². The Morgan fingerprint density at radius 3 is 2.52 bits per heavy atom. The van der Waals surface area contributed by atoms with E-state index in [-0.39, 0.29) is 6.61 Å². The summed E-state index contributed by atoms with van der Waals surface area (Å²) in [5.41, 5.74) is -1.53. The molecule has 1 saturated heterocycles. The summed E-state index contributed by atoms with van der Waals surface area (Å²) in [6.07, 6.45) is 2.79. The van der Waals surface area contributed by atoms with Crippen molar-refractivity contribution in [1.29, 1.82) is 0 Å². The average Bonchev–Trinajstić information content (AvgIpc) is 3.02. The van der Waals surface area contributed by atoms with E-state index in [1.165, 1.54) is 13.2 Å². The summed E-state index contributed by atoms with van der Waals surface area (Å²) < 4.78 is 16.5. The number of esters is 1. The molecule has 1 amide bonds. The number of carbonyl (C=O) groups is 3. The van der Waals surface area contributed by atoms with Gasteiger partial charge in [-0.05, 0) is 38.5 Å². The number of hydrogen-bond acceptors (Lipinski definition) is 6. The van der Waals surface area contributed by atoms with Crippen molar-refractivity contribution in [2.45, 2.75) is 37.7 Å². The Morgan fingerprint density at radius 1 is 1.22 bits per heavy atom. The minimum absolute atomic E-state index is 0.207. The number of ketones is 1. The van der Waals surface area contributed by atoms with Crippen LogP contribution in [-0.2, 0) is 23.8 Å². The summed E-state index contributed by atoms with van der Waals surface area (Å²) in [6.45, 7) is 3.73. The zero-order chi connectivity index (χ0) is 19.7. The summed E-state index contributed by atoms with van der Waals surface area (Å²) in [7, 11) is 1.19. The van der Waals surface area contributed by atoms with Crippen LogP contribution in [0.4, 0.5) is 0 Å². The zero-order valence-corrected chi connectivity index (χ0v) is 15.6. The largest absolute Gasteiger partial charge is 0.467 e. The van der Waals surface area contributed by atoms with E-state index in [9.17, 15) is 14.4 Å². The Morgan fingerprint density at radius 2 is 1.93 bits per heavy atom. The van der Waals surface area contributed by atoms with Gasteiger partial charge in [-0.25, -0.2) is 4.79 Å². The van der Waals surface area contributed by atoms with Crippen LogP contribution in [0.15, 0.2) is 42.5 Å². The van der Waals surface area contributed by atoms with E-state index in [1.807, 2.05) is 0 Å². The SMILES string of the molecule is COC(=O)[C@]1(NC(=O)c2ccccc2)C(=O)C=CC[C@H]1[C@H]1COC(C)(C)O1. The standard InChI is InChI=1S/C20H23NO6/c1-19(2)26-12-15(27-19)14-10-7-11-16(22)20(14,18(24)25-3)21-17(23)13-8-5-4-6-9-13/h4-9,11,14-15H,10,12H2,1-3H3,(H,21,23)/t14-,15+,20+/m0/s1. The summed E-state index contributed by atoms with van der Waals surface area (Å²) in [5, 5.41) is 2.65. The van der Waals surface area contributed by atoms with Crippen LogP contribution in [0.1, 0.15) is 30.6 Å². The highest BCUT2D eigenvalue weighted by Gasteiger charge is 2.59. The van der Waals surface area contributed by atoms with Gasteiger partial charge in [0, 0.05) is 11.5 Å². The number of amides is 1. The molecule has 1 aromatic carbocycles. The first-order valence-corrected chi connectivity index (χ1v) is 8.79. The minimum Gasteiger partial charge on any atom is -0.467 e. The van der Waals surface area contributed by atoms with Crippen LogP contribution in [0, 0.1) is 5.92 Å². The van der Waals surface area contributed by atoms with Crippen LogP contribution in [0.5, 0.6) is 0 Å². The molecule has 1 aliphatic carbocycles. The molecule has 2 aliphatic rings. The Balaban J connectivity index is 2.00. The topological polar surface area (TPSA) is 90.9 Å². The van der Waals surface area contributed by atoms with E-state index in [4.69, 9.17) is 14.2 Å². The molecule has 144 valence electrons. The summed E-state index contributed by atoms with van der Waals surface area (Å²) in [4.78, 5) is 38.5. The molecule has 1 aliphatic heterocycles.